The van der Waals surface area contributed by atoms with Gasteiger partial charge in [-0.1, -0.05) is 24.3 Å². The zero-order chi connectivity index (χ0) is 23.1. The van der Waals surface area contributed by atoms with E-state index < -0.39 is 15.3 Å². The van der Waals surface area contributed by atoms with Gasteiger partial charge in [0.05, 0.1) is 17.7 Å². The minimum absolute atomic E-state index is 0.135. The number of rotatable bonds is 9. The van der Waals surface area contributed by atoms with Gasteiger partial charge in [-0.3, -0.25) is 4.57 Å². The van der Waals surface area contributed by atoms with Crippen LogP contribution in [0.15, 0.2) is 24.3 Å². The average molecular weight is 561 g/mol. The fourth-order valence-corrected chi connectivity index (χ4v) is 4.89. The van der Waals surface area contributed by atoms with Gasteiger partial charge in [-0.2, -0.15) is 19.0 Å². The van der Waals surface area contributed by atoms with E-state index in [-0.39, 0.29) is 24.6 Å². The number of alkyl halides is 5. The van der Waals surface area contributed by atoms with Crippen LogP contribution in [-0.4, -0.2) is 25.5 Å². The number of benzene rings is 1. The number of nitriles is 1. The highest BCUT2D eigenvalue weighted by Crippen LogP contribution is 2.58. The predicted molar refractivity (Wildman–Crippen MR) is 120 cm³/mol. The lowest BCUT2D eigenvalue weighted by Crippen LogP contribution is -2.29. The number of aromatic nitrogens is 2. The first-order valence-electron chi connectivity index (χ1n) is 10.7. The Balaban J connectivity index is 1.35. The van der Waals surface area contributed by atoms with E-state index in [0.717, 1.165) is 35.1 Å². The number of aryl methyl sites for hydroxylation is 1. The van der Waals surface area contributed by atoms with E-state index in [1.807, 2.05) is 22.8 Å². The van der Waals surface area contributed by atoms with Crippen LogP contribution in [0.4, 0.5) is 17.6 Å². The number of hydrogen-bond donors (Lipinski definition) is 0. The zero-order valence-electron chi connectivity index (χ0n) is 17.7. The van der Waals surface area contributed by atoms with Crippen LogP contribution in [0.5, 0.6) is 6.01 Å². The SMILES string of the molecule is CC(F)(F)C1(c2ccc(CC[C@@H]3Cn4c(nc(C#N)c4CCCC(F)(F)I)O3)cc2)CC1. The molecular weight excluding hydrogens is 537 g/mol. The Morgan fingerprint density at radius 3 is 2.47 bits per heavy atom. The molecule has 2 heterocycles. The molecule has 4 rings (SSSR count). The summed E-state index contributed by atoms with van der Waals surface area (Å²) in [5, 5.41) is 9.31. The van der Waals surface area contributed by atoms with Crippen molar-refractivity contribution in [3.63, 3.8) is 0 Å². The Bertz CT molecular complexity index is 1010. The highest BCUT2D eigenvalue weighted by atomic mass is 127. The largest absolute Gasteiger partial charge is 0.459 e. The molecular formula is C23H24F4IN3O. The Hall–Kier alpha value is -1.83. The number of hydrogen-bond acceptors (Lipinski definition) is 3. The average Bonchev–Trinajstić information content (AvgIpc) is 3.35. The van der Waals surface area contributed by atoms with Gasteiger partial charge in [0.15, 0.2) is 5.69 Å². The summed E-state index contributed by atoms with van der Waals surface area (Å²) in [4.78, 5) is 4.22. The van der Waals surface area contributed by atoms with Crippen LogP contribution in [0.25, 0.3) is 0 Å². The number of nitrogens with zero attached hydrogens (tertiary/aromatic N) is 3. The molecule has 1 atom stereocenters. The second-order valence-corrected chi connectivity index (χ2v) is 10.4. The Labute approximate surface area is 198 Å². The lowest BCUT2D eigenvalue weighted by Gasteiger charge is -2.23. The molecule has 1 aliphatic heterocycles. The standard InChI is InChI=1S/C23H24F4IN3O/c1-21(24,25)22(11-12-22)16-7-4-15(5-8-16)6-9-17-14-31-19(3-2-10-23(26,27)28)18(13-29)30-20(31)32-17/h4-5,7-8,17H,2-3,6,9-12,14H2,1H3/t17-/m1/s1. The molecule has 0 bridgehead atoms. The number of ether oxygens (including phenoxy) is 1. The summed E-state index contributed by atoms with van der Waals surface area (Å²) in [6, 6.07) is 9.80. The van der Waals surface area contributed by atoms with Crippen LogP contribution >= 0.6 is 22.6 Å². The molecule has 0 unspecified atom stereocenters. The van der Waals surface area contributed by atoms with E-state index >= 15 is 0 Å². The van der Waals surface area contributed by atoms with Gasteiger partial charge in [-0.25, -0.2) is 8.78 Å². The summed E-state index contributed by atoms with van der Waals surface area (Å²) in [5.74, 6) is -2.72. The molecule has 4 nitrogen and oxygen atoms in total. The van der Waals surface area contributed by atoms with Crippen LogP contribution in [0, 0.1) is 11.3 Å². The van der Waals surface area contributed by atoms with E-state index in [4.69, 9.17) is 4.74 Å². The first-order valence-corrected chi connectivity index (χ1v) is 11.8. The van der Waals surface area contributed by atoms with Crippen molar-refractivity contribution in [3.8, 4) is 12.1 Å². The minimum Gasteiger partial charge on any atom is -0.459 e. The smallest absolute Gasteiger partial charge is 0.298 e. The van der Waals surface area contributed by atoms with Crippen LogP contribution in [0.2, 0.25) is 0 Å². The Kier molecular flexibility index (Phi) is 6.20. The molecule has 1 saturated carbocycles. The minimum atomic E-state index is -2.76. The van der Waals surface area contributed by atoms with Gasteiger partial charge in [0.1, 0.15) is 12.2 Å². The van der Waals surface area contributed by atoms with E-state index in [0.29, 0.717) is 55.9 Å². The number of imidazole rings is 1. The summed E-state index contributed by atoms with van der Waals surface area (Å²) in [7, 11) is 0. The van der Waals surface area contributed by atoms with Crippen molar-refractivity contribution >= 4 is 22.6 Å². The maximum Gasteiger partial charge on any atom is 0.298 e. The van der Waals surface area contributed by atoms with Crippen LogP contribution in [0.1, 0.15) is 61.5 Å². The van der Waals surface area contributed by atoms with Gasteiger partial charge >= 0.3 is 0 Å². The Morgan fingerprint density at radius 2 is 1.91 bits per heavy atom. The first-order chi connectivity index (χ1) is 15.0. The third-order valence-electron chi connectivity index (χ3n) is 6.53. The van der Waals surface area contributed by atoms with Gasteiger partial charge in [0.2, 0.25) is 0 Å². The van der Waals surface area contributed by atoms with Crippen molar-refractivity contribution in [2.75, 3.05) is 0 Å². The molecule has 32 heavy (non-hydrogen) atoms. The topological polar surface area (TPSA) is 50.8 Å². The number of halogens is 5. The highest BCUT2D eigenvalue weighted by molar-refractivity contribution is 14.1. The lowest BCUT2D eigenvalue weighted by atomic mass is 9.89. The van der Waals surface area contributed by atoms with E-state index in [9.17, 15) is 22.8 Å². The van der Waals surface area contributed by atoms with Crippen molar-refractivity contribution in [2.45, 2.75) is 79.8 Å². The van der Waals surface area contributed by atoms with Gasteiger partial charge in [-0.15, -0.1) is 0 Å². The van der Waals surface area contributed by atoms with E-state index in [1.54, 1.807) is 12.1 Å². The summed E-state index contributed by atoms with van der Waals surface area (Å²) in [6.45, 7) is 1.51. The molecule has 172 valence electrons. The second-order valence-electron chi connectivity index (χ2n) is 8.83. The molecule has 1 fully saturated rings. The van der Waals surface area contributed by atoms with E-state index in [2.05, 4.69) is 4.98 Å². The summed E-state index contributed by atoms with van der Waals surface area (Å²) in [6.07, 6.45) is 2.65. The molecule has 1 aromatic carbocycles. The van der Waals surface area contributed by atoms with Crippen molar-refractivity contribution in [3.05, 3.63) is 46.8 Å². The van der Waals surface area contributed by atoms with Gasteiger partial charge < -0.3 is 4.74 Å². The van der Waals surface area contributed by atoms with Gasteiger partial charge in [0.25, 0.3) is 15.9 Å². The molecule has 0 spiro atoms. The maximum atomic E-state index is 13.9. The third-order valence-corrected chi connectivity index (χ3v) is 7.07. The molecule has 0 saturated heterocycles. The summed E-state index contributed by atoms with van der Waals surface area (Å²) in [5.41, 5.74) is 1.60. The molecule has 0 amide bonds. The normalized spacial score (nSPS) is 19.3. The van der Waals surface area contributed by atoms with Crippen molar-refractivity contribution in [1.29, 1.82) is 5.26 Å². The highest BCUT2D eigenvalue weighted by Gasteiger charge is 2.59. The molecule has 9 heteroatoms. The first kappa shape index (κ1) is 23.3. The third kappa shape index (κ3) is 4.75. The Morgan fingerprint density at radius 1 is 1.22 bits per heavy atom. The quantitative estimate of drug-likeness (QED) is 0.209. The fraction of sp³-hybridized carbons (Fsp3) is 0.565. The van der Waals surface area contributed by atoms with Gasteiger partial charge in [-0.05, 0) is 72.2 Å². The summed E-state index contributed by atoms with van der Waals surface area (Å²) >= 11 is 1.12. The maximum absolute atomic E-state index is 13.9. The van der Waals surface area contributed by atoms with Crippen LogP contribution in [0.3, 0.4) is 0 Å². The van der Waals surface area contributed by atoms with Crippen molar-refractivity contribution in [1.82, 2.24) is 9.55 Å². The predicted octanol–water partition coefficient (Wildman–Crippen LogP) is 6.19. The second kappa shape index (κ2) is 8.50. The fourth-order valence-electron chi connectivity index (χ4n) is 4.51. The van der Waals surface area contributed by atoms with Crippen LogP contribution < -0.4 is 4.74 Å². The lowest BCUT2D eigenvalue weighted by molar-refractivity contribution is -0.0200. The number of fused-ring (bicyclic) bond motifs is 1. The molecule has 1 aliphatic carbocycles. The molecule has 0 N–H and O–H groups in total. The van der Waals surface area contributed by atoms with Crippen molar-refractivity contribution < 1.29 is 22.3 Å². The summed E-state index contributed by atoms with van der Waals surface area (Å²) < 4.78 is 59.1. The molecule has 0 radical (unpaired) electrons. The molecule has 1 aromatic heterocycles. The monoisotopic (exact) mass is 561 g/mol. The van der Waals surface area contributed by atoms with E-state index in [1.165, 1.54) is 0 Å². The van der Waals surface area contributed by atoms with Gasteiger partial charge in [0, 0.05) is 13.3 Å². The molecule has 2 aromatic rings. The van der Waals surface area contributed by atoms with Crippen LogP contribution in [-0.2, 0) is 24.8 Å². The zero-order valence-corrected chi connectivity index (χ0v) is 19.8. The molecule has 2 aliphatic rings. The van der Waals surface area contributed by atoms with Crippen molar-refractivity contribution in [2.24, 2.45) is 0 Å².